The van der Waals surface area contributed by atoms with Crippen molar-refractivity contribution in [1.29, 1.82) is 0 Å². The summed E-state index contributed by atoms with van der Waals surface area (Å²) in [6.45, 7) is 2.18. The molecule has 1 heterocycles. The smallest absolute Gasteiger partial charge is 0.0572 e. The molecule has 0 bridgehead atoms. The number of nitrogens with two attached hydrogens (primary N) is 1. The van der Waals surface area contributed by atoms with Gasteiger partial charge < -0.3 is 5.73 Å². The molecule has 76 valence electrons. The molecule has 3 rings (SSSR count). The van der Waals surface area contributed by atoms with Crippen LogP contribution >= 0.6 is 11.3 Å². The molecule has 2 N–H and O–H groups in total. The molecule has 0 radical (unpaired) electrons. The molecular formula is C13H13NS. The molecule has 0 amide bonds. The zero-order chi connectivity index (χ0) is 10.4. The quantitative estimate of drug-likeness (QED) is 0.775. The summed E-state index contributed by atoms with van der Waals surface area (Å²) >= 11 is 1.79. The van der Waals surface area contributed by atoms with Crippen molar-refractivity contribution >= 4 is 11.3 Å². The van der Waals surface area contributed by atoms with Crippen LogP contribution in [0.4, 0.5) is 0 Å². The van der Waals surface area contributed by atoms with Crippen molar-refractivity contribution in [2.45, 2.75) is 19.4 Å². The molecule has 1 aliphatic carbocycles. The minimum Gasteiger partial charge on any atom is -0.320 e. The molecular weight excluding hydrogens is 202 g/mol. The average molecular weight is 215 g/mol. The number of hydrogen-bond donors (Lipinski definition) is 1. The molecule has 1 nitrogen and oxygen atoms in total. The lowest BCUT2D eigenvalue weighted by Crippen LogP contribution is -2.07. The number of fused-ring (bicyclic) bond motifs is 3. The number of aryl methyl sites for hydroxylation is 1. The largest absolute Gasteiger partial charge is 0.320 e. The Kier molecular flexibility index (Phi) is 1.94. The van der Waals surface area contributed by atoms with Gasteiger partial charge in [-0.1, -0.05) is 25.1 Å². The van der Waals surface area contributed by atoms with Gasteiger partial charge in [0.25, 0.3) is 0 Å². The fraction of sp³-hybridized carbons (Fsp3) is 0.231. The van der Waals surface area contributed by atoms with Gasteiger partial charge in [0.05, 0.1) is 6.04 Å². The number of hydrogen-bond acceptors (Lipinski definition) is 2. The van der Waals surface area contributed by atoms with Gasteiger partial charge in [-0.25, -0.2) is 0 Å². The Hall–Kier alpha value is -1.12. The number of benzene rings is 1. The van der Waals surface area contributed by atoms with Gasteiger partial charge in [-0.05, 0) is 40.1 Å². The summed E-state index contributed by atoms with van der Waals surface area (Å²) in [5.74, 6) is 0. The second-order valence-corrected chi connectivity index (χ2v) is 4.87. The lowest BCUT2D eigenvalue weighted by atomic mass is 10.0. The first kappa shape index (κ1) is 9.13. The third-order valence-electron chi connectivity index (χ3n) is 3.13. The van der Waals surface area contributed by atoms with E-state index in [-0.39, 0.29) is 6.04 Å². The molecule has 0 aliphatic heterocycles. The van der Waals surface area contributed by atoms with Gasteiger partial charge in [0.1, 0.15) is 0 Å². The summed E-state index contributed by atoms with van der Waals surface area (Å²) in [5.41, 5.74) is 11.5. The molecule has 1 aliphatic rings. The van der Waals surface area contributed by atoms with E-state index in [0.29, 0.717) is 0 Å². The second-order valence-electron chi connectivity index (χ2n) is 3.96. The van der Waals surface area contributed by atoms with Crippen molar-refractivity contribution in [1.82, 2.24) is 0 Å². The van der Waals surface area contributed by atoms with E-state index in [4.69, 9.17) is 5.73 Å². The molecule has 1 unspecified atom stereocenters. The van der Waals surface area contributed by atoms with E-state index < -0.39 is 0 Å². The average Bonchev–Trinajstić information content (AvgIpc) is 2.83. The van der Waals surface area contributed by atoms with Crippen LogP contribution < -0.4 is 5.73 Å². The Morgan fingerprint density at radius 3 is 2.93 bits per heavy atom. The summed E-state index contributed by atoms with van der Waals surface area (Å²) in [6.07, 6.45) is 1.08. The first-order valence-electron chi connectivity index (χ1n) is 5.27. The second kappa shape index (κ2) is 3.19. The van der Waals surface area contributed by atoms with Crippen molar-refractivity contribution in [3.8, 4) is 10.4 Å². The molecule has 1 aromatic heterocycles. The van der Waals surface area contributed by atoms with Crippen LogP contribution in [0.2, 0.25) is 0 Å². The van der Waals surface area contributed by atoms with Crippen LogP contribution in [-0.4, -0.2) is 0 Å². The zero-order valence-corrected chi connectivity index (χ0v) is 9.47. The van der Waals surface area contributed by atoms with Gasteiger partial charge in [-0.3, -0.25) is 0 Å². The highest BCUT2D eigenvalue weighted by molar-refractivity contribution is 7.13. The number of thiophene rings is 1. The summed E-state index contributed by atoms with van der Waals surface area (Å²) in [5, 5.41) is 2.13. The third-order valence-corrected chi connectivity index (χ3v) is 4.10. The predicted octanol–water partition coefficient (Wildman–Crippen LogP) is 3.34. The molecule has 0 saturated heterocycles. The molecule has 0 saturated carbocycles. The van der Waals surface area contributed by atoms with E-state index in [1.807, 2.05) is 0 Å². The highest BCUT2D eigenvalue weighted by Crippen LogP contribution is 2.45. The summed E-state index contributed by atoms with van der Waals surface area (Å²) in [6, 6.07) is 8.92. The van der Waals surface area contributed by atoms with Crippen LogP contribution in [0.15, 0.2) is 29.6 Å². The van der Waals surface area contributed by atoms with E-state index in [9.17, 15) is 0 Å². The maximum absolute atomic E-state index is 6.23. The summed E-state index contributed by atoms with van der Waals surface area (Å²) < 4.78 is 0. The standard InChI is InChI=1S/C13H13NS/c1-2-8-3-4-9-11(7-8)12(14)10-5-6-15-13(9)10/h3-7,12H,2,14H2,1H3. The van der Waals surface area contributed by atoms with Crippen molar-refractivity contribution in [2.24, 2.45) is 5.73 Å². The maximum Gasteiger partial charge on any atom is 0.0572 e. The van der Waals surface area contributed by atoms with Crippen molar-refractivity contribution in [3.63, 3.8) is 0 Å². The minimum absolute atomic E-state index is 0.0905. The van der Waals surface area contributed by atoms with Gasteiger partial charge in [0, 0.05) is 4.88 Å². The Labute approximate surface area is 93.6 Å². The fourth-order valence-corrected chi connectivity index (χ4v) is 3.24. The van der Waals surface area contributed by atoms with E-state index in [2.05, 4.69) is 36.6 Å². The highest BCUT2D eigenvalue weighted by Gasteiger charge is 2.26. The van der Waals surface area contributed by atoms with Gasteiger partial charge in [0.2, 0.25) is 0 Å². The zero-order valence-electron chi connectivity index (χ0n) is 8.66. The molecule has 2 aromatic rings. The van der Waals surface area contributed by atoms with Crippen molar-refractivity contribution in [3.05, 3.63) is 46.3 Å². The van der Waals surface area contributed by atoms with Crippen LogP contribution in [0.5, 0.6) is 0 Å². The third kappa shape index (κ3) is 1.18. The van der Waals surface area contributed by atoms with E-state index >= 15 is 0 Å². The molecule has 0 fully saturated rings. The summed E-state index contributed by atoms with van der Waals surface area (Å²) in [4.78, 5) is 1.36. The van der Waals surface area contributed by atoms with Crippen LogP contribution in [-0.2, 0) is 6.42 Å². The lowest BCUT2D eigenvalue weighted by molar-refractivity contribution is 0.899. The molecule has 0 spiro atoms. The van der Waals surface area contributed by atoms with Gasteiger partial charge >= 0.3 is 0 Å². The molecule has 1 aromatic carbocycles. The number of rotatable bonds is 1. The van der Waals surface area contributed by atoms with Gasteiger partial charge in [-0.2, -0.15) is 0 Å². The van der Waals surface area contributed by atoms with E-state index in [1.54, 1.807) is 11.3 Å². The van der Waals surface area contributed by atoms with Crippen LogP contribution in [0.1, 0.15) is 29.7 Å². The fourth-order valence-electron chi connectivity index (χ4n) is 2.25. The Morgan fingerprint density at radius 1 is 1.27 bits per heavy atom. The summed E-state index contributed by atoms with van der Waals surface area (Å²) in [7, 11) is 0. The predicted molar refractivity (Wildman–Crippen MR) is 65.2 cm³/mol. The minimum atomic E-state index is 0.0905. The Morgan fingerprint density at radius 2 is 2.13 bits per heavy atom. The Balaban J connectivity index is 2.23. The SMILES string of the molecule is CCc1ccc2c(c1)C(N)c1ccsc1-2. The van der Waals surface area contributed by atoms with Crippen LogP contribution in [0, 0.1) is 0 Å². The first-order valence-corrected chi connectivity index (χ1v) is 6.15. The van der Waals surface area contributed by atoms with Crippen molar-refractivity contribution < 1.29 is 0 Å². The molecule has 1 atom stereocenters. The highest BCUT2D eigenvalue weighted by atomic mass is 32.1. The monoisotopic (exact) mass is 215 g/mol. The first-order chi connectivity index (χ1) is 7.31. The van der Waals surface area contributed by atoms with Crippen LogP contribution in [0.25, 0.3) is 10.4 Å². The van der Waals surface area contributed by atoms with Crippen molar-refractivity contribution in [2.75, 3.05) is 0 Å². The normalized spacial score (nSPS) is 17.6. The molecule has 15 heavy (non-hydrogen) atoms. The van der Waals surface area contributed by atoms with E-state index in [0.717, 1.165) is 6.42 Å². The van der Waals surface area contributed by atoms with Gasteiger partial charge in [-0.15, -0.1) is 11.3 Å². The topological polar surface area (TPSA) is 26.0 Å². The lowest BCUT2D eigenvalue weighted by Gasteiger charge is -2.07. The van der Waals surface area contributed by atoms with Gasteiger partial charge in [0.15, 0.2) is 0 Å². The maximum atomic E-state index is 6.23. The van der Waals surface area contributed by atoms with E-state index in [1.165, 1.54) is 27.1 Å². The van der Waals surface area contributed by atoms with Crippen LogP contribution in [0.3, 0.4) is 0 Å². The molecule has 2 heteroatoms. The Bertz CT molecular complexity index is 513.